The molecule has 1 aliphatic carbocycles. The predicted molar refractivity (Wildman–Crippen MR) is 132 cm³/mol. The molecule has 0 radical (unpaired) electrons. The molecule has 10 heteroatoms. The molecule has 3 aromatic rings. The Bertz CT molecular complexity index is 1400. The minimum Gasteiger partial charge on any atom is -0.440 e. The Morgan fingerprint density at radius 2 is 1.78 bits per heavy atom. The number of fused-ring (bicyclic) bond motifs is 1. The summed E-state index contributed by atoms with van der Waals surface area (Å²) in [4.78, 5) is 15.7. The zero-order valence-corrected chi connectivity index (χ0v) is 20.3. The molecule has 2 atom stereocenters. The highest BCUT2D eigenvalue weighted by Gasteiger charge is 2.53. The Hall–Kier alpha value is -3.62. The zero-order valence-electron chi connectivity index (χ0n) is 18.8. The zero-order chi connectivity index (χ0) is 25.5. The van der Waals surface area contributed by atoms with Crippen molar-refractivity contribution in [1.82, 2.24) is 10.4 Å². The van der Waals surface area contributed by atoms with Crippen molar-refractivity contribution in [3.63, 3.8) is 0 Å². The summed E-state index contributed by atoms with van der Waals surface area (Å²) < 4.78 is 41.3. The summed E-state index contributed by atoms with van der Waals surface area (Å²) in [6.45, 7) is 1.75. The number of ether oxygens (including phenoxy) is 2. The first-order valence-corrected chi connectivity index (χ1v) is 11.6. The van der Waals surface area contributed by atoms with Crippen LogP contribution in [0.25, 0.3) is 0 Å². The number of halogens is 4. The maximum atomic E-state index is 15.0. The second kappa shape index (κ2) is 9.11. The topological polar surface area (TPSA) is 72.5 Å². The van der Waals surface area contributed by atoms with E-state index < -0.39 is 28.2 Å². The lowest BCUT2D eigenvalue weighted by Crippen LogP contribution is -2.45. The number of hydrogen-bond donors (Lipinski definition) is 2. The summed E-state index contributed by atoms with van der Waals surface area (Å²) in [5, 5.41) is 0.534. The van der Waals surface area contributed by atoms with E-state index in [9.17, 15) is 9.18 Å². The van der Waals surface area contributed by atoms with Gasteiger partial charge in [-0.15, -0.1) is 11.6 Å². The van der Waals surface area contributed by atoms with E-state index in [2.05, 4.69) is 15.8 Å². The Morgan fingerprint density at radius 1 is 1.06 bits per heavy atom. The summed E-state index contributed by atoms with van der Waals surface area (Å²) in [5.41, 5.74) is 5.64. The van der Waals surface area contributed by atoms with Crippen LogP contribution < -0.4 is 20.3 Å². The van der Waals surface area contributed by atoms with Gasteiger partial charge >= 0.3 is 5.79 Å². The maximum Gasteiger partial charge on any atom is 0.303 e. The fraction of sp³-hybridized carbons (Fsp3) is 0.154. The molecule has 2 aliphatic rings. The van der Waals surface area contributed by atoms with Crippen molar-refractivity contribution < 1.29 is 23.0 Å². The first-order valence-electron chi connectivity index (χ1n) is 10.9. The van der Waals surface area contributed by atoms with E-state index in [-0.39, 0.29) is 23.5 Å². The van der Waals surface area contributed by atoms with Crippen molar-refractivity contribution >= 4 is 34.9 Å². The van der Waals surface area contributed by atoms with Gasteiger partial charge in [-0.2, -0.15) is 0 Å². The van der Waals surface area contributed by atoms with Crippen LogP contribution in [0.15, 0.2) is 83.6 Å². The van der Waals surface area contributed by atoms with E-state index in [0.717, 1.165) is 6.07 Å². The lowest BCUT2D eigenvalue weighted by atomic mass is 9.83. The number of carbonyl (C=O) groups excluding carboxylic acids is 1. The number of hydrogen-bond acceptors (Lipinski definition) is 5. The van der Waals surface area contributed by atoms with Gasteiger partial charge in [0.15, 0.2) is 11.5 Å². The van der Waals surface area contributed by atoms with Crippen LogP contribution in [0.2, 0.25) is 0 Å². The van der Waals surface area contributed by atoms with Crippen molar-refractivity contribution in [2.24, 2.45) is 0 Å². The van der Waals surface area contributed by atoms with Gasteiger partial charge in [-0.25, -0.2) is 13.8 Å². The number of aromatic nitrogens is 1. The third-order valence-electron chi connectivity index (χ3n) is 5.83. The number of allylic oxidation sites excluding steroid dienone is 3. The molecule has 0 bridgehead atoms. The largest absolute Gasteiger partial charge is 0.440 e. The number of benzene rings is 2. The molecule has 2 N–H and O–H groups in total. The van der Waals surface area contributed by atoms with Crippen LogP contribution in [0.5, 0.6) is 11.5 Å². The highest BCUT2D eigenvalue weighted by Crippen LogP contribution is 2.54. The number of anilines is 1. The number of nitrogens with one attached hydrogen (secondary N) is 2. The lowest BCUT2D eigenvalue weighted by molar-refractivity contribution is -0.0560. The second-order valence-electron chi connectivity index (χ2n) is 8.47. The molecule has 0 spiro atoms. The monoisotopic (exact) mass is 529 g/mol. The molecule has 2 unspecified atom stereocenters. The molecule has 1 amide bonds. The van der Waals surface area contributed by atoms with Crippen molar-refractivity contribution in [2.75, 3.05) is 5.43 Å². The van der Waals surface area contributed by atoms with E-state index in [1.54, 1.807) is 37.3 Å². The van der Waals surface area contributed by atoms with Crippen LogP contribution >= 0.6 is 23.2 Å². The molecule has 0 saturated heterocycles. The molecule has 5 rings (SSSR count). The van der Waals surface area contributed by atoms with Crippen LogP contribution in [-0.2, 0) is 5.79 Å². The van der Waals surface area contributed by atoms with Crippen molar-refractivity contribution in [1.29, 1.82) is 0 Å². The van der Waals surface area contributed by atoms with Crippen LogP contribution in [0.1, 0.15) is 29.3 Å². The number of rotatable bonds is 5. The molecule has 2 aromatic carbocycles. The molecule has 6 nitrogen and oxygen atoms in total. The number of carbonyl (C=O) groups is 1. The van der Waals surface area contributed by atoms with Gasteiger partial charge in [-0.3, -0.25) is 15.6 Å². The van der Waals surface area contributed by atoms with E-state index >= 15 is 4.39 Å². The maximum absolute atomic E-state index is 15.0. The van der Waals surface area contributed by atoms with E-state index in [1.165, 1.54) is 36.5 Å². The summed E-state index contributed by atoms with van der Waals surface area (Å²) in [7, 11) is 0. The first-order chi connectivity index (χ1) is 17.2. The smallest absolute Gasteiger partial charge is 0.303 e. The van der Waals surface area contributed by atoms with E-state index in [4.69, 9.17) is 32.7 Å². The van der Waals surface area contributed by atoms with Gasteiger partial charge < -0.3 is 9.47 Å². The lowest BCUT2D eigenvalue weighted by Gasteiger charge is -2.39. The minimum atomic E-state index is -1.64. The number of hydrazine groups is 1. The highest BCUT2D eigenvalue weighted by molar-refractivity contribution is 6.32. The van der Waals surface area contributed by atoms with Gasteiger partial charge in [0.25, 0.3) is 5.91 Å². The summed E-state index contributed by atoms with van der Waals surface area (Å²) in [6, 6.07) is 12.9. The molecule has 184 valence electrons. The standard InChI is InChI=1S/C26H19Cl2F2N3O3/c1-25(28)14-16(27)7-10-22(25)26(15-5-8-17(29)9-6-15)35-20-12-18(19(30)13-21(20)36-26)24(34)33-32-23-4-2-3-11-31-23/h2-13H,14H2,1H3,(H,31,32)(H,33,34). The third-order valence-corrected chi connectivity index (χ3v) is 6.42. The van der Waals surface area contributed by atoms with Gasteiger partial charge in [-0.05, 0) is 55.5 Å². The van der Waals surface area contributed by atoms with Gasteiger partial charge in [0.05, 0.1) is 10.4 Å². The molecular formula is C26H19Cl2F2N3O3. The van der Waals surface area contributed by atoms with Gasteiger partial charge in [0.2, 0.25) is 0 Å². The predicted octanol–water partition coefficient (Wildman–Crippen LogP) is 6.19. The number of pyridine rings is 1. The fourth-order valence-electron chi connectivity index (χ4n) is 4.15. The Labute approximate surface area is 215 Å². The van der Waals surface area contributed by atoms with Gasteiger partial charge in [0, 0.05) is 34.9 Å². The van der Waals surface area contributed by atoms with Gasteiger partial charge in [-0.1, -0.05) is 23.7 Å². The third kappa shape index (κ3) is 4.38. The van der Waals surface area contributed by atoms with Crippen LogP contribution in [0.3, 0.4) is 0 Å². The SMILES string of the molecule is CC1(Cl)CC(Cl)=CC=C1C1(c2ccc(F)cc2)Oc2cc(F)c(C(=O)NNc3ccccn3)cc2O1. The Kier molecular flexibility index (Phi) is 6.10. The van der Waals surface area contributed by atoms with Crippen molar-refractivity contribution in [3.8, 4) is 11.5 Å². The average molecular weight is 530 g/mol. The van der Waals surface area contributed by atoms with Gasteiger partial charge in [0.1, 0.15) is 17.5 Å². The first kappa shape index (κ1) is 24.1. The van der Waals surface area contributed by atoms with Crippen LogP contribution in [-0.4, -0.2) is 15.8 Å². The van der Waals surface area contributed by atoms with Crippen molar-refractivity contribution in [3.05, 3.63) is 106 Å². The van der Waals surface area contributed by atoms with Crippen LogP contribution in [0.4, 0.5) is 14.6 Å². The Balaban J connectivity index is 1.52. The van der Waals surface area contributed by atoms with E-state index in [0.29, 0.717) is 22.0 Å². The highest BCUT2D eigenvalue weighted by atomic mass is 35.5. The second-order valence-corrected chi connectivity index (χ2v) is 9.79. The number of alkyl halides is 1. The minimum absolute atomic E-state index is 0.0556. The summed E-state index contributed by atoms with van der Waals surface area (Å²) >= 11 is 13.1. The number of nitrogens with zero attached hydrogens (tertiary/aromatic N) is 1. The molecule has 1 aliphatic heterocycles. The van der Waals surface area contributed by atoms with E-state index in [1.807, 2.05) is 0 Å². The number of amides is 1. The van der Waals surface area contributed by atoms with Crippen molar-refractivity contribution in [2.45, 2.75) is 24.0 Å². The molecule has 36 heavy (non-hydrogen) atoms. The molecule has 0 fully saturated rings. The summed E-state index contributed by atoms with van der Waals surface area (Å²) in [5.74, 6) is -3.14. The molecule has 2 heterocycles. The Morgan fingerprint density at radius 3 is 2.44 bits per heavy atom. The fourth-order valence-corrected chi connectivity index (χ4v) is 4.88. The molecular weight excluding hydrogens is 511 g/mol. The normalized spacial score (nSPS) is 22.5. The summed E-state index contributed by atoms with van der Waals surface area (Å²) in [6.07, 6.45) is 5.17. The quantitative estimate of drug-likeness (QED) is 0.304. The molecule has 0 saturated carbocycles. The average Bonchev–Trinajstić information content (AvgIpc) is 3.21. The molecule has 1 aromatic heterocycles. The van der Waals surface area contributed by atoms with Crippen LogP contribution in [0, 0.1) is 11.6 Å².